The van der Waals surface area contributed by atoms with Crippen molar-refractivity contribution in [2.24, 2.45) is 0 Å². The number of likely N-dealkylation sites (N-methyl/N-ethyl adjacent to an activating group) is 1. The van der Waals surface area contributed by atoms with Gasteiger partial charge in [0.2, 0.25) is 0 Å². The van der Waals surface area contributed by atoms with E-state index in [0.29, 0.717) is 40.5 Å². The first kappa shape index (κ1) is 19.7. The van der Waals surface area contributed by atoms with E-state index in [1.807, 2.05) is 18.2 Å². The van der Waals surface area contributed by atoms with Gasteiger partial charge in [0.1, 0.15) is 5.52 Å². The summed E-state index contributed by atoms with van der Waals surface area (Å²) in [5.74, 6) is 1.67. The summed E-state index contributed by atoms with van der Waals surface area (Å²) in [7, 11) is 4.84. The van der Waals surface area contributed by atoms with Crippen molar-refractivity contribution in [2.45, 2.75) is 19.4 Å². The standard InChI is InChI=1S/C21H24N2O5/c1-13(24)12-23(2)21(25)15-6-7-16-18(11-15)28-20(22-16)10-14-5-8-17(26-3)19(9-14)27-4/h5-9,11,13,24H,10,12H2,1-4H3/t13-/m1/s1. The van der Waals surface area contributed by atoms with Crippen LogP contribution in [0.4, 0.5) is 0 Å². The number of oxazole rings is 1. The molecule has 7 nitrogen and oxygen atoms in total. The van der Waals surface area contributed by atoms with Crippen molar-refractivity contribution in [2.75, 3.05) is 27.8 Å². The molecule has 0 aliphatic rings. The number of aliphatic hydroxyl groups is 1. The Kier molecular flexibility index (Phi) is 5.84. The van der Waals surface area contributed by atoms with E-state index >= 15 is 0 Å². The third-order valence-corrected chi connectivity index (χ3v) is 4.37. The number of nitrogens with zero attached hydrogens (tertiary/aromatic N) is 2. The Labute approximate surface area is 163 Å². The molecule has 7 heteroatoms. The van der Waals surface area contributed by atoms with Crippen molar-refractivity contribution in [3.63, 3.8) is 0 Å². The third kappa shape index (κ3) is 4.26. The highest BCUT2D eigenvalue weighted by molar-refractivity contribution is 5.96. The van der Waals surface area contributed by atoms with Crippen LogP contribution in [0.3, 0.4) is 0 Å². The lowest BCUT2D eigenvalue weighted by Gasteiger charge is -2.18. The topological polar surface area (TPSA) is 85.0 Å². The van der Waals surface area contributed by atoms with E-state index in [1.54, 1.807) is 46.4 Å². The second-order valence-corrected chi connectivity index (χ2v) is 6.69. The van der Waals surface area contributed by atoms with E-state index in [9.17, 15) is 9.90 Å². The molecule has 0 aliphatic carbocycles. The van der Waals surface area contributed by atoms with Crippen molar-refractivity contribution >= 4 is 17.0 Å². The molecule has 28 heavy (non-hydrogen) atoms. The molecule has 0 fully saturated rings. The lowest BCUT2D eigenvalue weighted by atomic mass is 10.1. The number of fused-ring (bicyclic) bond motifs is 1. The smallest absolute Gasteiger partial charge is 0.253 e. The van der Waals surface area contributed by atoms with Crippen LogP contribution in [0.5, 0.6) is 11.5 Å². The Morgan fingerprint density at radius 1 is 1.18 bits per heavy atom. The predicted molar refractivity (Wildman–Crippen MR) is 105 cm³/mol. The molecule has 2 aromatic carbocycles. The molecule has 0 saturated carbocycles. The SMILES string of the molecule is COc1ccc(Cc2nc3ccc(C(=O)N(C)C[C@@H](C)O)cc3o2)cc1OC. The molecule has 0 aliphatic heterocycles. The first-order valence-electron chi connectivity index (χ1n) is 8.95. The summed E-state index contributed by atoms with van der Waals surface area (Å²) < 4.78 is 16.4. The van der Waals surface area contributed by atoms with Gasteiger partial charge in [0.05, 0.1) is 20.3 Å². The fraction of sp³-hybridized carbons (Fsp3) is 0.333. The summed E-state index contributed by atoms with van der Waals surface area (Å²) in [5, 5.41) is 9.46. The maximum absolute atomic E-state index is 12.5. The van der Waals surface area contributed by atoms with Crippen molar-refractivity contribution in [3.05, 3.63) is 53.4 Å². The summed E-state index contributed by atoms with van der Waals surface area (Å²) >= 11 is 0. The average molecular weight is 384 g/mol. The molecule has 0 spiro atoms. The van der Waals surface area contributed by atoms with Crippen LogP contribution in [0.2, 0.25) is 0 Å². The molecule has 0 bridgehead atoms. The van der Waals surface area contributed by atoms with Gasteiger partial charge >= 0.3 is 0 Å². The molecule has 1 heterocycles. The minimum absolute atomic E-state index is 0.180. The molecule has 3 rings (SSSR count). The van der Waals surface area contributed by atoms with Crippen molar-refractivity contribution in [3.8, 4) is 11.5 Å². The van der Waals surface area contributed by atoms with Gasteiger partial charge in [-0.15, -0.1) is 0 Å². The molecule has 0 radical (unpaired) electrons. The van der Waals surface area contributed by atoms with Crippen molar-refractivity contribution < 1.29 is 23.8 Å². The average Bonchev–Trinajstić information content (AvgIpc) is 3.07. The Bertz CT molecular complexity index is 980. The highest BCUT2D eigenvalue weighted by Crippen LogP contribution is 2.29. The Balaban J connectivity index is 1.82. The number of rotatable bonds is 7. The van der Waals surface area contributed by atoms with Crippen LogP contribution in [0.15, 0.2) is 40.8 Å². The number of methoxy groups -OCH3 is 2. The van der Waals surface area contributed by atoms with E-state index in [1.165, 1.54) is 4.90 Å². The summed E-state index contributed by atoms with van der Waals surface area (Å²) in [4.78, 5) is 18.5. The quantitative estimate of drug-likeness (QED) is 0.674. The van der Waals surface area contributed by atoms with E-state index in [2.05, 4.69) is 4.98 Å². The molecule has 1 N–H and O–H groups in total. The lowest BCUT2D eigenvalue weighted by molar-refractivity contribution is 0.0704. The summed E-state index contributed by atoms with van der Waals surface area (Å²) in [6.07, 6.45) is -0.101. The molecule has 1 atom stereocenters. The van der Waals surface area contributed by atoms with Gasteiger partial charge in [-0.1, -0.05) is 6.07 Å². The second kappa shape index (κ2) is 8.31. The number of hydrogen-bond donors (Lipinski definition) is 1. The number of ether oxygens (including phenoxy) is 2. The van der Waals surface area contributed by atoms with Gasteiger partial charge in [0, 0.05) is 25.6 Å². The van der Waals surface area contributed by atoms with Gasteiger partial charge in [-0.25, -0.2) is 4.98 Å². The number of hydrogen-bond acceptors (Lipinski definition) is 6. The Hall–Kier alpha value is -3.06. The maximum atomic E-state index is 12.5. The van der Waals surface area contributed by atoms with E-state index < -0.39 is 6.10 Å². The molecular weight excluding hydrogens is 360 g/mol. The summed E-state index contributed by atoms with van der Waals surface area (Å²) in [6, 6.07) is 10.8. The predicted octanol–water partition coefficient (Wildman–Crippen LogP) is 2.89. The van der Waals surface area contributed by atoms with Gasteiger partial charge in [0.15, 0.2) is 23.0 Å². The molecular formula is C21H24N2O5. The van der Waals surface area contributed by atoms with E-state index in [0.717, 1.165) is 5.56 Å². The molecule has 3 aromatic rings. The van der Waals surface area contributed by atoms with Crippen molar-refractivity contribution in [1.82, 2.24) is 9.88 Å². The number of carbonyl (C=O) groups is 1. The number of carbonyl (C=O) groups excluding carboxylic acids is 1. The molecule has 0 saturated heterocycles. The Morgan fingerprint density at radius 3 is 2.61 bits per heavy atom. The summed E-state index contributed by atoms with van der Waals surface area (Å²) in [6.45, 7) is 1.90. The van der Waals surface area contributed by atoms with Crippen LogP contribution in [0.1, 0.15) is 28.7 Å². The van der Waals surface area contributed by atoms with Gasteiger partial charge in [0.25, 0.3) is 5.91 Å². The van der Waals surface area contributed by atoms with E-state index in [-0.39, 0.29) is 12.5 Å². The van der Waals surface area contributed by atoms with Crippen LogP contribution in [0, 0.1) is 0 Å². The highest BCUT2D eigenvalue weighted by Gasteiger charge is 2.16. The maximum Gasteiger partial charge on any atom is 0.253 e. The van der Waals surface area contributed by atoms with Gasteiger partial charge < -0.3 is 23.9 Å². The first-order chi connectivity index (χ1) is 13.4. The second-order valence-electron chi connectivity index (χ2n) is 6.69. The minimum Gasteiger partial charge on any atom is -0.493 e. The molecule has 148 valence electrons. The fourth-order valence-corrected chi connectivity index (χ4v) is 3.05. The largest absolute Gasteiger partial charge is 0.493 e. The zero-order valence-electron chi connectivity index (χ0n) is 16.4. The van der Waals surface area contributed by atoms with Crippen LogP contribution >= 0.6 is 0 Å². The van der Waals surface area contributed by atoms with Crippen LogP contribution < -0.4 is 9.47 Å². The van der Waals surface area contributed by atoms with Crippen LogP contribution in [-0.4, -0.2) is 54.8 Å². The van der Waals surface area contributed by atoms with E-state index in [4.69, 9.17) is 13.9 Å². The fourth-order valence-electron chi connectivity index (χ4n) is 3.05. The zero-order valence-corrected chi connectivity index (χ0v) is 16.4. The van der Waals surface area contributed by atoms with Crippen molar-refractivity contribution in [1.29, 1.82) is 0 Å². The van der Waals surface area contributed by atoms with Gasteiger partial charge in [-0.3, -0.25) is 4.79 Å². The normalized spacial score (nSPS) is 12.0. The molecule has 1 aromatic heterocycles. The lowest BCUT2D eigenvalue weighted by Crippen LogP contribution is -2.32. The first-order valence-corrected chi connectivity index (χ1v) is 8.95. The molecule has 1 amide bonds. The molecule has 0 unspecified atom stereocenters. The summed E-state index contributed by atoms with van der Waals surface area (Å²) in [5.41, 5.74) is 2.69. The minimum atomic E-state index is -0.587. The van der Waals surface area contributed by atoms with Crippen LogP contribution in [-0.2, 0) is 6.42 Å². The number of aliphatic hydroxyl groups excluding tert-OH is 1. The van der Waals surface area contributed by atoms with Gasteiger partial charge in [-0.05, 0) is 42.8 Å². The number of aromatic nitrogens is 1. The zero-order chi connectivity index (χ0) is 20.3. The third-order valence-electron chi connectivity index (χ3n) is 4.37. The highest BCUT2D eigenvalue weighted by atomic mass is 16.5. The number of amides is 1. The van der Waals surface area contributed by atoms with Gasteiger partial charge in [-0.2, -0.15) is 0 Å². The Morgan fingerprint density at radius 2 is 1.93 bits per heavy atom. The number of benzene rings is 2. The monoisotopic (exact) mass is 384 g/mol. The van der Waals surface area contributed by atoms with Crippen LogP contribution in [0.25, 0.3) is 11.1 Å².